The van der Waals surface area contributed by atoms with Gasteiger partial charge in [0.1, 0.15) is 0 Å². The molecule has 12 heteroatoms. The van der Waals surface area contributed by atoms with E-state index in [0.29, 0.717) is 86.4 Å². The van der Waals surface area contributed by atoms with E-state index in [1.165, 1.54) is 12.2 Å². The number of allylic oxidation sites excluding steroid dienone is 4. The van der Waals surface area contributed by atoms with E-state index in [0.717, 1.165) is 11.6 Å². The van der Waals surface area contributed by atoms with Crippen LogP contribution < -0.4 is 4.90 Å². The average Bonchev–Trinajstić information content (AvgIpc) is 3.06. The van der Waals surface area contributed by atoms with Crippen molar-refractivity contribution < 1.29 is 36.2 Å². The molecule has 6 nitrogen and oxygen atoms in total. The maximum absolute atomic E-state index is 17.3. The predicted molar refractivity (Wildman–Crippen MR) is 183 cm³/mol. The molecule has 1 aliphatic heterocycles. The van der Waals surface area contributed by atoms with Crippen molar-refractivity contribution in [2.75, 3.05) is 24.6 Å². The fourth-order valence-electron chi connectivity index (χ4n) is 8.29. The summed E-state index contributed by atoms with van der Waals surface area (Å²) in [7, 11) is 0. The van der Waals surface area contributed by atoms with Gasteiger partial charge < -0.3 is 14.7 Å². The molecule has 2 fully saturated rings. The lowest BCUT2D eigenvalue weighted by Crippen LogP contribution is -2.36. The lowest BCUT2D eigenvalue weighted by Gasteiger charge is -2.41. The third-order valence-electron chi connectivity index (χ3n) is 10.9. The molecular formula is C39H50F6N4O2. The number of rotatable bonds is 9. The first-order valence-electron chi connectivity index (χ1n) is 18.4. The van der Waals surface area contributed by atoms with Gasteiger partial charge in [-0.2, -0.15) is 13.2 Å². The summed E-state index contributed by atoms with van der Waals surface area (Å²) in [6.45, 7) is 10.4. The molecule has 3 aliphatic carbocycles. The molecule has 4 aliphatic rings. The molecule has 1 saturated carbocycles. The second kappa shape index (κ2) is 14.8. The lowest BCUT2D eigenvalue weighted by atomic mass is 9.68. The minimum absolute atomic E-state index is 0.106. The third-order valence-corrected chi connectivity index (χ3v) is 10.9. The minimum Gasteiger partial charge on any atom is -0.388 e. The molecule has 0 bridgehead atoms. The standard InChI is InChI=1S/C39H50F6N4O2/c1-23(2)21-51-22-24-19-46-36(47-20-24)49-15-11-27(12-16-49)35-33(34(40)26-5-7-28(8-6-26)39(43,44)45)31(25-9-13-38(41,42)14-10-25)32-29(48-35)17-37(3,4)18-30(32)50/h5-7,19-20,23,25,27-28,30,34,50H,8-18,21-22H2,1-4H3/t28?,30-,34-/m0/s1. The number of fused-ring (bicyclic) bond motifs is 1. The number of nitrogens with zero attached hydrogens (tertiary/aromatic N) is 4. The van der Waals surface area contributed by atoms with Gasteiger partial charge in [-0.1, -0.05) is 45.9 Å². The summed E-state index contributed by atoms with van der Waals surface area (Å²) in [6.07, 6.45) is 1.10. The Hall–Kier alpha value is -2.99. The fraction of sp³-hybridized carbons (Fsp3) is 0.667. The summed E-state index contributed by atoms with van der Waals surface area (Å²) in [5.74, 6) is -4.16. The van der Waals surface area contributed by atoms with E-state index in [1.54, 1.807) is 12.4 Å². The van der Waals surface area contributed by atoms with Crippen molar-refractivity contribution in [2.24, 2.45) is 17.3 Å². The summed E-state index contributed by atoms with van der Waals surface area (Å²) >= 11 is 0. The Bertz CT molecular complexity index is 1590. The number of halogens is 6. The maximum atomic E-state index is 17.3. The van der Waals surface area contributed by atoms with Gasteiger partial charge in [0.2, 0.25) is 11.9 Å². The first-order chi connectivity index (χ1) is 24.0. The maximum Gasteiger partial charge on any atom is 0.395 e. The zero-order valence-corrected chi connectivity index (χ0v) is 30.0. The van der Waals surface area contributed by atoms with Crippen molar-refractivity contribution >= 4 is 5.95 Å². The van der Waals surface area contributed by atoms with Crippen molar-refractivity contribution in [1.29, 1.82) is 0 Å². The van der Waals surface area contributed by atoms with E-state index in [2.05, 4.69) is 28.7 Å². The zero-order valence-electron chi connectivity index (χ0n) is 30.0. The fourth-order valence-corrected chi connectivity index (χ4v) is 8.29. The number of piperidine rings is 1. The van der Waals surface area contributed by atoms with Crippen LogP contribution in [0.2, 0.25) is 0 Å². The molecule has 2 aromatic rings. The van der Waals surface area contributed by atoms with E-state index in [-0.39, 0.29) is 54.6 Å². The summed E-state index contributed by atoms with van der Waals surface area (Å²) in [5.41, 5.74) is 3.22. The van der Waals surface area contributed by atoms with Crippen LogP contribution in [-0.4, -0.2) is 51.9 Å². The van der Waals surface area contributed by atoms with Crippen molar-refractivity contribution in [3.05, 3.63) is 69.8 Å². The Morgan fingerprint density at radius 2 is 1.67 bits per heavy atom. The van der Waals surface area contributed by atoms with Crippen LogP contribution in [0.1, 0.15) is 137 Å². The van der Waals surface area contributed by atoms with Crippen molar-refractivity contribution in [3.63, 3.8) is 0 Å². The first kappa shape index (κ1) is 37.8. The van der Waals surface area contributed by atoms with Gasteiger partial charge in [0, 0.05) is 73.2 Å². The highest BCUT2D eigenvalue weighted by Crippen LogP contribution is 2.53. The SMILES string of the molecule is CC(C)COCc1cnc(N2CCC(c3nc4c(c(C5CCC(F)(F)CC5)c3[C@@H](F)C3=CCC(C(F)(F)F)C=C3)[C@@H](O)CC(C)(C)C4)CC2)nc1. The highest BCUT2D eigenvalue weighted by molar-refractivity contribution is 5.52. The summed E-state index contributed by atoms with van der Waals surface area (Å²) in [6, 6.07) is 0. The van der Waals surface area contributed by atoms with Crippen LogP contribution in [0.5, 0.6) is 0 Å². The second-order valence-corrected chi connectivity index (χ2v) is 16.2. The Morgan fingerprint density at radius 3 is 2.25 bits per heavy atom. The van der Waals surface area contributed by atoms with Gasteiger partial charge in [-0.25, -0.2) is 23.1 Å². The molecule has 1 saturated heterocycles. The number of aromatic nitrogens is 3. The quantitative estimate of drug-likeness (QED) is 0.260. The molecule has 3 heterocycles. The van der Waals surface area contributed by atoms with Gasteiger partial charge in [-0.05, 0) is 73.3 Å². The highest BCUT2D eigenvalue weighted by Gasteiger charge is 2.44. The van der Waals surface area contributed by atoms with E-state index in [9.17, 15) is 27.1 Å². The van der Waals surface area contributed by atoms with Crippen molar-refractivity contribution in [1.82, 2.24) is 15.0 Å². The largest absolute Gasteiger partial charge is 0.395 e. The van der Waals surface area contributed by atoms with E-state index < -0.39 is 36.2 Å². The summed E-state index contributed by atoms with van der Waals surface area (Å²) in [5, 5.41) is 11.6. The van der Waals surface area contributed by atoms with Gasteiger partial charge in [-0.15, -0.1) is 0 Å². The van der Waals surface area contributed by atoms with Crippen LogP contribution >= 0.6 is 0 Å². The monoisotopic (exact) mass is 720 g/mol. The smallest absolute Gasteiger partial charge is 0.388 e. The number of ether oxygens (including phenoxy) is 1. The Labute approximate surface area is 296 Å². The molecule has 6 rings (SSSR count). The molecule has 2 aromatic heterocycles. The minimum atomic E-state index is -4.45. The second-order valence-electron chi connectivity index (χ2n) is 16.2. The lowest BCUT2D eigenvalue weighted by molar-refractivity contribution is -0.160. The van der Waals surface area contributed by atoms with Gasteiger partial charge in [0.15, 0.2) is 6.17 Å². The van der Waals surface area contributed by atoms with Crippen LogP contribution in [0.4, 0.5) is 32.3 Å². The number of aliphatic hydroxyl groups excluding tert-OH is 1. The third kappa shape index (κ3) is 8.64. The molecule has 280 valence electrons. The van der Waals surface area contributed by atoms with Crippen LogP contribution in [0.3, 0.4) is 0 Å². The molecule has 1 N–H and O–H groups in total. The Morgan fingerprint density at radius 1 is 1.00 bits per heavy atom. The van der Waals surface area contributed by atoms with Crippen molar-refractivity contribution in [3.8, 4) is 0 Å². The van der Waals surface area contributed by atoms with E-state index in [1.807, 2.05) is 13.8 Å². The van der Waals surface area contributed by atoms with Crippen LogP contribution in [0.15, 0.2) is 36.2 Å². The van der Waals surface area contributed by atoms with E-state index >= 15 is 4.39 Å². The summed E-state index contributed by atoms with van der Waals surface area (Å²) < 4.78 is 92.5. The molecule has 0 aromatic carbocycles. The van der Waals surface area contributed by atoms with Crippen LogP contribution in [0.25, 0.3) is 0 Å². The number of hydrogen-bond donors (Lipinski definition) is 1. The first-order valence-corrected chi connectivity index (χ1v) is 18.4. The van der Waals surface area contributed by atoms with Crippen LogP contribution in [-0.2, 0) is 17.8 Å². The molecule has 0 radical (unpaired) electrons. The Kier molecular flexibility index (Phi) is 11.0. The number of hydrogen-bond acceptors (Lipinski definition) is 6. The van der Waals surface area contributed by atoms with Gasteiger partial charge in [-0.3, -0.25) is 4.98 Å². The molecule has 1 unspecified atom stereocenters. The topological polar surface area (TPSA) is 71.4 Å². The molecule has 51 heavy (non-hydrogen) atoms. The van der Waals surface area contributed by atoms with Gasteiger partial charge in [0.05, 0.1) is 24.3 Å². The number of anilines is 1. The number of aliphatic hydroxyl groups is 1. The van der Waals surface area contributed by atoms with Gasteiger partial charge >= 0.3 is 6.18 Å². The highest BCUT2D eigenvalue weighted by atomic mass is 19.4. The summed E-state index contributed by atoms with van der Waals surface area (Å²) in [4.78, 5) is 16.4. The number of alkyl halides is 6. The zero-order chi connectivity index (χ0) is 36.7. The molecule has 0 amide bonds. The average molecular weight is 721 g/mol. The Balaban J connectivity index is 1.36. The van der Waals surface area contributed by atoms with Crippen molar-refractivity contribution in [2.45, 2.75) is 128 Å². The molecule has 0 spiro atoms. The van der Waals surface area contributed by atoms with E-state index in [4.69, 9.17) is 9.72 Å². The number of pyridine rings is 1. The molecular weight excluding hydrogens is 670 g/mol. The normalized spacial score (nSPS) is 24.8. The predicted octanol–water partition coefficient (Wildman–Crippen LogP) is 9.80. The van der Waals surface area contributed by atoms with Crippen LogP contribution in [0, 0.1) is 17.3 Å². The van der Waals surface area contributed by atoms with Gasteiger partial charge in [0.25, 0.3) is 0 Å². The molecule has 3 atom stereocenters.